The van der Waals surface area contributed by atoms with Crippen LogP contribution in [0.1, 0.15) is 43.8 Å². The van der Waals surface area contributed by atoms with Crippen LogP contribution in [0.2, 0.25) is 0 Å². The third kappa shape index (κ3) is 2.77. The Labute approximate surface area is 119 Å². The van der Waals surface area contributed by atoms with Crippen LogP contribution in [0.4, 0.5) is 0 Å². The van der Waals surface area contributed by atoms with Crippen molar-refractivity contribution in [2.45, 2.75) is 44.2 Å². The van der Waals surface area contributed by atoms with Gasteiger partial charge in [0.15, 0.2) is 0 Å². The van der Waals surface area contributed by atoms with Gasteiger partial charge >= 0.3 is 0 Å². The second-order valence-corrected chi connectivity index (χ2v) is 5.58. The average Bonchev–Trinajstić information content (AvgIpc) is 3.10. The molecule has 20 heavy (non-hydrogen) atoms. The van der Waals surface area contributed by atoms with E-state index in [9.17, 15) is 4.79 Å². The number of allylic oxidation sites excluding steroid dienone is 1. The van der Waals surface area contributed by atoms with E-state index in [1.54, 1.807) is 4.68 Å². The molecule has 1 aliphatic carbocycles. The summed E-state index contributed by atoms with van der Waals surface area (Å²) >= 11 is 0. The predicted octanol–water partition coefficient (Wildman–Crippen LogP) is 1.87. The van der Waals surface area contributed by atoms with Gasteiger partial charge in [0.25, 0.3) is 0 Å². The zero-order valence-electron chi connectivity index (χ0n) is 11.8. The maximum absolute atomic E-state index is 12.2. The van der Waals surface area contributed by atoms with Crippen molar-refractivity contribution in [3.05, 3.63) is 29.6 Å². The highest BCUT2D eigenvalue weighted by Gasteiger charge is 2.30. The van der Waals surface area contributed by atoms with Gasteiger partial charge in [-0.25, -0.2) is 0 Å². The zero-order chi connectivity index (χ0) is 13.9. The first kappa shape index (κ1) is 13.4. The van der Waals surface area contributed by atoms with Crippen LogP contribution < -0.4 is 5.32 Å². The summed E-state index contributed by atoms with van der Waals surface area (Å²) in [5.41, 5.74) is 1.97. The summed E-state index contributed by atoms with van der Waals surface area (Å²) in [4.78, 5) is 12.2. The molecule has 0 bridgehead atoms. The van der Waals surface area contributed by atoms with Crippen molar-refractivity contribution in [1.82, 2.24) is 15.1 Å². The largest absolute Gasteiger partial charge is 0.371 e. The third-order valence-electron chi connectivity index (χ3n) is 4.02. The van der Waals surface area contributed by atoms with Gasteiger partial charge in [-0.15, -0.1) is 0 Å². The van der Waals surface area contributed by atoms with E-state index in [0.29, 0.717) is 0 Å². The van der Waals surface area contributed by atoms with Gasteiger partial charge in [0, 0.05) is 31.0 Å². The fraction of sp³-hybridized carbons (Fsp3) is 0.600. The van der Waals surface area contributed by atoms with E-state index in [2.05, 4.69) is 16.5 Å². The Kier molecular flexibility index (Phi) is 3.87. The summed E-state index contributed by atoms with van der Waals surface area (Å²) in [7, 11) is 1.89. The zero-order valence-corrected chi connectivity index (χ0v) is 11.8. The molecule has 2 aliphatic rings. The Morgan fingerprint density at radius 2 is 2.40 bits per heavy atom. The van der Waals surface area contributed by atoms with Crippen molar-refractivity contribution >= 4 is 5.91 Å². The van der Waals surface area contributed by atoms with Gasteiger partial charge in [0.05, 0.1) is 12.2 Å². The SMILES string of the molecule is Cn1cc([C@H]2OCCC[C@@H]2NC(=O)C2=CCCC2)cn1. The molecule has 0 radical (unpaired) electrons. The molecule has 1 fully saturated rings. The second kappa shape index (κ2) is 5.79. The minimum atomic E-state index is -0.0802. The van der Waals surface area contributed by atoms with Crippen molar-refractivity contribution in [3.63, 3.8) is 0 Å². The number of rotatable bonds is 3. The average molecular weight is 275 g/mol. The molecule has 1 aliphatic heterocycles. The molecular weight excluding hydrogens is 254 g/mol. The maximum Gasteiger partial charge on any atom is 0.247 e. The molecule has 0 aromatic carbocycles. The third-order valence-corrected chi connectivity index (χ3v) is 4.02. The number of hydrogen-bond acceptors (Lipinski definition) is 3. The van der Waals surface area contributed by atoms with Crippen LogP contribution in [0.5, 0.6) is 0 Å². The van der Waals surface area contributed by atoms with Crippen LogP contribution in [0.3, 0.4) is 0 Å². The summed E-state index contributed by atoms with van der Waals surface area (Å²) in [5.74, 6) is 0.0758. The molecule has 0 unspecified atom stereocenters. The first-order chi connectivity index (χ1) is 9.74. The lowest BCUT2D eigenvalue weighted by Crippen LogP contribution is -2.43. The van der Waals surface area contributed by atoms with Gasteiger partial charge in [0.2, 0.25) is 5.91 Å². The molecule has 0 spiro atoms. The number of aryl methyl sites for hydroxylation is 1. The lowest BCUT2D eigenvalue weighted by molar-refractivity contribution is -0.120. The highest BCUT2D eigenvalue weighted by molar-refractivity contribution is 5.94. The Morgan fingerprint density at radius 1 is 1.50 bits per heavy atom. The molecule has 3 rings (SSSR count). The summed E-state index contributed by atoms with van der Waals surface area (Å²) in [6.45, 7) is 0.745. The quantitative estimate of drug-likeness (QED) is 0.916. The number of carbonyl (C=O) groups is 1. The molecule has 2 heterocycles. The fourth-order valence-corrected chi connectivity index (χ4v) is 2.98. The van der Waals surface area contributed by atoms with Crippen LogP contribution in [0.15, 0.2) is 24.0 Å². The topological polar surface area (TPSA) is 56.1 Å². The Hall–Kier alpha value is -1.62. The number of nitrogens with zero attached hydrogens (tertiary/aromatic N) is 2. The van der Waals surface area contributed by atoms with Crippen molar-refractivity contribution in [2.24, 2.45) is 7.05 Å². The smallest absolute Gasteiger partial charge is 0.247 e. The minimum absolute atomic E-state index is 0.0435. The highest BCUT2D eigenvalue weighted by atomic mass is 16.5. The monoisotopic (exact) mass is 275 g/mol. The number of carbonyl (C=O) groups excluding carboxylic acids is 1. The molecule has 1 saturated heterocycles. The van der Waals surface area contributed by atoms with Gasteiger partial charge < -0.3 is 10.1 Å². The first-order valence-electron chi connectivity index (χ1n) is 7.34. The van der Waals surface area contributed by atoms with E-state index in [0.717, 1.165) is 49.8 Å². The van der Waals surface area contributed by atoms with Crippen molar-refractivity contribution in [3.8, 4) is 0 Å². The van der Waals surface area contributed by atoms with Crippen LogP contribution in [-0.2, 0) is 16.6 Å². The van der Waals surface area contributed by atoms with E-state index in [-0.39, 0.29) is 18.1 Å². The maximum atomic E-state index is 12.2. The van der Waals surface area contributed by atoms with Gasteiger partial charge in [0.1, 0.15) is 6.10 Å². The molecule has 5 heteroatoms. The van der Waals surface area contributed by atoms with Gasteiger partial charge in [-0.05, 0) is 32.1 Å². The standard InChI is InChI=1S/C15H21N3O2/c1-18-10-12(9-16-18)14-13(7-4-8-20-14)17-15(19)11-5-2-3-6-11/h5,9-10,13-14H,2-4,6-8H2,1H3,(H,17,19)/t13-,14+/m0/s1. The van der Waals surface area contributed by atoms with Crippen LogP contribution in [0, 0.1) is 0 Å². The Bertz CT molecular complexity index is 521. The van der Waals surface area contributed by atoms with Gasteiger partial charge in [-0.2, -0.15) is 5.10 Å². The molecule has 1 aromatic heterocycles. The second-order valence-electron chi connectivity index (χ2n) is 5.58. The molecule has 1 N–H and O–H groups in total. The van der Waals surface area contributed by atoms with Crippen molar-refractivity contribution < 1.29 is 9.53 Å². The molecule has 108 valence electrons. The molecule has 1 amide bonds. The van der Waals surface area contributed by atoms with Crippen molar-refractivity contribution in [2.75, 3.05) is 6.61 Å². The van der Waals surface area contributed by atoms with Crippen LogP contribution >= 0.6 is 0 Å². The van der Waals surface area contributed by atoms with Crippen LogP contribution in [-0.4, -0.2) is 28.3 Å². The summed E-state index contributed by atoms with van der Waals surface area (Å²) in [5, 5.41) is 7.34. The van der Waals surface area contributed by atoms with E-state index in [1.165, 1.54) is 0 Å². The Balaban J connectivity index is 1.70. The number of nitrogens with one attached hydrogen (secondary N) is 1. The van der Waals surface area contributed by atoms with Gasteiger partial charge in [-0.1, -0.05) is 6.08 Å². The minimum Gasteiger partial charge on any atom is -0.371 e. The Morgan fingerprint density at radius 3 is 3.10 bits per heavy atom. The highest BCUT2D eigenvalue weighted by Crippen LogP contribution is 2.29. The molecule has 0 saturated carbocycles. The van der Waals surface area contributed by atoms with Crippen molar-refractivity contribution in [1.29, 1.82) is 0 Å². The van der Waals surface area contributed by atoms with E-state index in [4.69, 9.17) is 4.74 Å². The summed E-state index contributed by atoms with van der Waals surface area (Å²) in [6, 6.07) is 0.0435. The first-order valence-corrected chi connectivity index (χ1v) is 7.34. The molecule has 2 atom stereocenters. The molecular formula is C15H21N3O2. The van der Waals surface area contributed by atoms with E-state index < -0.39 is 0 Å². The number of ether oxygens (including phenoxy) is 1. The normalized spacial score (nSPS) is 26.4. The fourth-order valence-electron chi connectivity index (χ4n) is 2.98. The number of amides is 1. The summed E-state index contributed by atoms with van der Waals surface area (Å²) < 4.78 is 7.64. The number of aromatic nitrogens is 2. The van der Waals surface area contributed by atoms with Crippen LogP contribution in [0.25, 0.3) is 0 Å². The lowest BCUT2D eigenvalue weighted by atomic mass is 9.97. The molecule has 1 aromatic rings. The summed E-state index contributed by atoms with van der Waals surface area (Å²) in [6.07, 6.45) is 10.7. The number of hydrogen-bond donors (Lipinski definition) is 1. The molecule has 5 nitrogen and oxygen atoms in total. The van der Waals surface area contributed by atoms with E-state index in [1.807, 2.05) is 19.4 Å². The van der Waals surface area contributed by atoms with E-state index >= 15 is 0 Å². The van der Waals surface area contributed by atoms with Gasteiger partial charge in [-0.3, -0.25) is 9.48 Å². The predicted molar refractivity (Wildman–Crippen MR) is 75.0 cm³/mol. The lowest BCUT2D eigenvalue weighted by Gasteiger charge is -2.32.